The summed E-state index contributed by atoms with van der Waals surface area (Å²) in [5.74, 6) is 0.884. The van der Waals surface area contributed by atoms with Gasteiger partial charge in [-0.15, -0.1) is 0 Å². The first-order valence-corrected chi connectivity index (χ1v) is 11.8. The Balaban J connectivity index is 1.30. The monoisotopic (exact) mass is 433 g/mol. The zero-order chi connectivity index (χ0) is 22.1. The van der Waals surface area contributed by atoms with Gasteiger partial charge in [-0.1, -0.05) is 24.3 Å². The van der Waals surface area contributed by atoms with E-state index in [0.29, 0.717) is 25.5 Å². The van der Waals surface area contributed by atoms with Crippen LogP contribution in [0.3, 0.4) is 0 Å². The summed E-state index contributed by atoms with van der Waals surface area (Å²) in [6.45, 7) is 3.25. The van der Waals surface area contributed by atoms with Gasteiger partial charge in [-0.3, -0.25) is 14.5 Å². The van der Waals surface area contributed by atoms with Crippen molar-refractivity contribution in [1.29, 1.82) is 0 Å². The lowest BCUT2D eigenvalue weighted by Crippen LogP contribution is -2.38. The van der Waals surface area contributed by atoms with Crippen molar-refractivity contribution in [3.8, 4) is 5.75 Å². The Hall–Kier alpha value is -2.50. The van der Waals surface area contributed by atoms with Gasteiger partial charge in [0.25, 0.3) is 0 Å². The summed E-state index contributed by atoms with van der Waals surface area (Å²) in [6.07, 6.45) is 6.46. The van der Waals surface area contributed by atoms with Crippen molar-refractivity contribution >= 4 is 27.9 Å². The highest BCUT2D eigenvalue weighted by Gasteiger charge is 2.33. The first kappa shape index (κ1) is 21.4. The fraction of sp³-hybridized carbons (Fsp3) is 0.481. The number of ether oxygens (including phenoxy) is 2. The van der Waals surface area contributed by atoms with Crippen LogP contribution < -0.4 is 4.74 Å². The largest absolute Gasteiger partial charge is 0.492 e. The molecule has 2 aliphatic carbocycles. The van der Waals surface area contributed by atoms with Crippen LogP contribution in [0.25, 0.3) is 16.3 Å². The lowest BCUT2D eigenvalue weighted by Gasteiger charge is -2.31. The Morgan fingerprint density at radius 1 is 1.09 bits per heavy atom. The molecule has 0 bridgehead atoms. The number of nitrogens with zero attached hydrogens (tertiary/aromatic N) is 1. The Morgan fingerprint density at radius 3 is 2.75 bits per heavy atom. The van der Waals surface area contributed by atoms with Gasteiger partial charge in [0.15, 0.2) is 0 Å². The van der Waals surface area contributed by atoms with E-state index in [-0.39, 0.29) is 23.9 Å². The third-order valence-electron chi connectivity index (χ3n) is 7.28. The number of hydrogen-bond acceptors (Lipinski definition) is 5. The molecule has 168 valence electrons. The van der Waals surface area contributed by atoms with Crippen molar-refractivity contribution in [1.82, 2.24) is 4.90 Å². The summed E-state index contributed by atoms with van der Waals surface area (Å²) in [7, 11) is 2.16. The molecule has 2 fully saturated rings. The lowest BCUT2D eigenvalue weighted by atomic mass is 9.79. The Kier molecular flexibility index (Phi) is 6.11. The number of Topliss-reactive ketones (excluding diaryl/α,β-unsaturated/α-hetero) is 2. The van der Waals surface area contributed by atoms with Crippen molar-refractivity contribution < 1.29 is 19.1 Å². The molecule has 2 aromatic rings. The van der Waals surface area contributed by atoms with E-state index in [0.717, 1.165) is 55.7 Å². The fourth-order valence-corrected chi connectivity index (χ4v) is 5.41. The highest BCUT2D eigenvalue weighted by molar-refractivity contribution is 6.10. The Bertz CT molecular complexity index is 1070. The molecule has 1 saturated heterocycles. The maximum Gasteiger partial charge on any atom is 0.147 e. The summed E-state index contributed by atoms with van der Waals surface area (Å²) < 4.78 is 11.5. The number of ketones is 2. The SMILES string of the molecule is CN(CCOc1ccc2c3c(ccc2c1)CC=C3[C@@H]1CCC(=O)CC1=O)C1CCOCC1. The Morgan fingerprint density at radius 2 is 1.94 bits per heavy atom. The molecule has 0 spiro atoms. The molecule has 5 nitrogen and oxygen atoms in total. The predicted molar refractivity (Wildman–Crippen MR) is 125 cm³/mol. The number of rotatable bonds is 6. The van der Waals surface area contributed by atoms with Crippen LogP contribution in [-0.2, 0) is 20.7 Å². The molecule has 3 aliphatic rings. The van der Waals surface area contributed by atoms with Gasteiger partial charge in [0.05, 0.1) is 6.42 Å². The number of hydrogen-bond donors (Lipinski definition) is 0. The number of likely N-dealkylation sites (N-methyl/N-ethyl adjacent to an activating group) is 1. The summed E-state index contributed by atoms with van der Waals surface area (Å²) in [5, 5.41) is 2.30. The van der Waals surface area contributed by atoms with Gasteiger partial charge in [0.1, 0.15) is 23.9 Å². The second kappa shape index (κ2) is 9.16. The molecule has 1 aliphatic heterocycles. The van der Waals surface area contributed by atoms with E-state index in [2.05, 4.69) is 42.3 Å². The maximum atomic E-state index is 12.6. The number of carbonyl (C=O) groups is 2. The highest BCUT2D eigenvalue weighted by Crippen LogP contribution is 2.42. The zero-order valence-corrected chi connectivity index (χ0v) is 18.8. The molecule has 0 N–H and O–H groups in total. The quantitative estimate of drug-likeness (QED) is 0.639. The van der Waals surface area contributed by atoms with Crippen LogP contribution in [0.1, 0.15) is 43.2 Å². The Labute approximate surface area is 189 Å². The van der Waals surface area contributed by atoms with Crippen molar-refractivity contribution in [2.45, 2.75) is 44.6 Å². The molecule has 1 atom stereocenters. The smallest absolute Gasteiger partial charge is 0.147 e. The molecule has 0 radical (unpaired) electrons. The van der Waals surface area contributed by atoms with E-state index in [4.69, 9.17) is 9.47 Å². The van der Waals surface area contributed by atoms with Crippen molar-refractivity contribution in [3.63, 3.8) is 0 Å². The normalized spacial score (nSPS) is 21.8. The highest BCUT2D eigenvalue weighted by atomic mass is 16.5. The molecule has 0 aromatic heterocycles. The van der Waals surface area contributed by atoms with Gasteiger partial charge < -0.3 is 9.47 Å². The molecular formula is C27H31NO4. The van der Waals surface area contributed by atoms with Gasteiger partial charge in [0.2, 0.25) is 0 Å². The average Bonchev–Trinajstić information content (AvgIpc) is 3.24. The van der Waals surface area contributed by atoms with Crippen LogP contribution >= 0.6 is 0 Å². The fourth-order valence-electron chi connectivity index (χ4n) is 5.41. The number of carbonyl (C=O) groups excluding carboxylic acids is 2. The van der Waals surface area contributed by atoms with Gasteiger partial charge in [-0.25, -0.2) is 0 Å². The minimum atomic E-state index is -0.142. The van der Waals surface area contributed by atoms with Gasteiger partial charge >= 0.3 is 0 Å². The van der Waals surface area contributed by atoms with E-state index in [1.807, 2.05) is 6.07 Å². The summed E-state index contributed by atoms with van der Waals surface area (Å²) in [4.78, 5) is 26.6. The van der Waals surface area contributed by atoms with Crippen molar-refractivity contribution in [3.05, 3.63) is 47.5 Å². The van der Waals surface area contributed by atoms with Crippen LogP contribution in [0.2, 0.25) is 0 Å². The molecule has 0 unspecified atom stereocenters. The summed E-state index contributed by atoms with van der Waals surface area (Å²) >= 11 is 0. The van der Waals surface area contributed by atoms with E-state index in [9.17, 15) is 9.59 Å². The molecule has 5 rings (SSSR count). The van der Waals surface area contributed by atoms with E-state index < -0.39 is 0 Å². The van der Waals surface area contributed by atoms with Crippen LogP contribution in [0.5, 0.6) is 5.75 Å². The van der Waals surface area contributed by atoms with E-state index in [1.54, 1.807) is 0 Å². The molecule has 32 heavy (non-hydrogen) atoms. The minimum Gasteiger partial charge on any atom is -0.492 e. The van der Waals surface area contributed by atoms with Crippen LogP contribution in [-0.4, -0.2) is 55.9 Å². The topological polar surface area (TPSA) is 55.8 Å². The first-order chi connectivity index (χ1) is 15.6. The molecule has 2 aromatic carbocycles. The number of fused-ring (bicyclic) bond motifs is 3. The maximum absolute atomic E-state index is 12.6. The van der Waals surface area contributed by atoms with E-state index in [1.165, 1.54) is 16.5 Å². The van der Waals surface area contributed by atoms with Gasteiger partial charge in [-0.2, -0.15) is 0 Å². The summed E-state index contributed by atoms with van der Waals surface area (Å²) in [5.41, 5.74) is 3.58. The zero-order valence-electron chi connectivity index (χ0n) is 18.8. The molecular weight excluding hydrogens is 402 g/mol. The average molecular weight is 434 g/mol. The molecule has 1 heterocycles. The molecule has 1 saturated carbocycles. The number of allylic oxidation sites excluding steroid dienone is 2. The van der Waals surface area contributed by atoms with Crippen LogP contribution in [0, 0.1) is 5.92 Å². The molecule has 0 amide bonds. The van der Waals surface area contributed by atoms with Gasteiger partial charge in [0, 0.05) is 38.1 Å². The second-order valence-electron chi connectivity index (χ2n) is 9.29. The standard InChI is InChI=1S/C27H31NO4/c1-28(20-10-13-31-14-11-20)12-15-32-22-6-9-23-19(16-22)3-2-18-4-7-25(27(18)23)24-8-5-21(29)17-26(24)30/h2-3,6-7,9,16,20,24H,4-5,8,10-15,17H2,1H3/t24-/m0/s1. The van der Waals surface area contributed by atoms with Crippen LogP contribution in [0.15, 0.2) is 36.4 Å². The summed E-state index contributed by atoms with van der Waals surface area (Å²) in [6, 6.07) is 11.2. The molecule has 5 heteroatoms. The lowest BCUT2D eigenvalue weighted by molar-refractivity contribution is -0.131. The third-order valence-corrected chi connectivity index (χ3v) is 7.28. The van der Waals surface area contributed by atoms with Crippen molar-refractivity contribution in [2.75, 3.05) is 33.4 Å². The third kappa shape index (κ3) is 4.24. The second-order valence-corrected chi connectivity index (χ2v) is 9.29. The van der Waals surface area contributed by atoms with Gasteiger partial charge in [-0.05, 0) is 72.3 Å². The minimum absolute atomic E-state index is 0.0750. The predicted octanol–water partition coefficient (Wildman–Crippen LogP) is 4.21. The van der Waals surface area contributed by atoms with Crippen LogP contribution in [0.4, 0.5) is 0 Å². The number of benzene rings is 2. The first-order valence-electron chi connectivity index (χ1n) is 11.8. The van der Waals surface area contributed by atoms with E-state index >= 15 is 0 Å². The van der Waals surface area contributed by atoms with Crippen molar-refractivity contribution in [2.24, 2.45) is 5.92 Å².